The summed E-state index contributed by atoms with van der Waals surface area (Å²) in [5, 5.41) is 4.88. The summed E-state index contributed by atoms with van der Waals surface area (Å²) in [4.78, 5) is 0. The van der Waals surface area contributed by atoms with Crippen LogP contribution in [0.1, 0.15) is 67.3 Å². The minimum absolute atomic E-state index is 0. The molecule has 0 bridgehead atoms. The third-order valence-electron chi connectivity index (χ3n) is 7.32. The van der Waals surface area contributed by atoms with E-state index in [2.05, 4.69) is 111 Å². The van der Waals surface area contributed by atoms with Crippen molar-refractivity contribution in [1.29, 1.82) is 0 Å². The van der Waals surface area contributed by atoms with Gasteiger partial charge in [0.25, 0.3) is 0 Å². The molecule has 0 saturated carbocycles. The quantitative estimate of drug-likeness (QED) is 0.291. The zero-order valence-electron chi connectivity index (χ0n) is 22.0. The van der Waals surface area contributed by atoms with Crippen molar-refractivity contribution >= 4 is 23.3 Å². The molecule has 4 heteroatoms. The number of benzene rings is 3. The van der Waals surface area contributed by atoms with Crippen LogP contribution in [0.5, 0.6) is 5.75 Å². The van der Waals surface area contributed by atoms with Gasteiger partial charge >= 0.3 is 0 Å². The van der Waals surface area contributed by atoms with Crippen LogP contribution in [0.3, 0.4) is 0 Å². The second kappa shape index (κ2) is 11.1. The average Bonchev–Trinajstić information content (AvgIpc) is 3.21. The third kappa shape index (κ3) is 5.96. The Morgan fingerprint density at radius 3 is 2.36 bits per heavy atom. The molecule has 5 rings (SSSR count). The Morgan fingerprint density at radius 1 is 0.917 bits per heavy atom. The molecule has 3 aromatic carbocycles. The van der Waals surface area contributed by atoms with Crippen LogP contribution in [-0.2, 0) is 18.6 Å². The SMILES string of the molecule is Cc1cccc(COc2ccc3c(C4CCNCC4)cn(Cc4ccc(C(C)(C)C)cc4)c3c2)c1.Cl. The molecule has 0 unspecified atom stereocenters. The first-order chi connectivity index (χ1) is 16.9. The number of rotatable bonds is 6. The van der Waals surface area contributed by atoms with Crippen LogP contribution in [0, 0.1) is 6.92 Å². The molecule has 190 valence electrons. The van der Waals surface area contributed by atoms with Gasteiger partial charge in [0.15, 0.2) is 0 Å². The van der Waals surface area contributed by atoms with E-state index in [9.17, 15) is 0 Å². The van der Waals surface area contributed by atoms with Gasteiger partial charge in [-0.15, -0.1) is 12.4 Å². The molecule has 0 spiro atoms. The van der Waals surface area contributed by atoms with Crippen LogP contribution in [0.2, 0.25) is 0 Å². The van der Waals surface area contributed by atoms with Crippen molar-refractivity contribution in [3.63, 3.8) is 0 Å². The lowest BCUT2D eigenvalue weighted by molar-refractivity contribution is 0.306. The molecular weight excluding hydrogens is 464 g/mol. The first kappa shape index (κ1) is 26.3. The summed E-state index contributed by atoms with van der Waals surface area (Å²) in [5.74, 6) is 1.54. The van der Waals surface area contributed by atoms with Crippen molar-refractivity contribution in [3.05, 3.63) is 101 Å². The van der Waals surface area contributed by atoms with Crippen LogP contribution in [-0.4, -0.2) is 17.7 Å². The molecule has 36 heavy (non-hydrogen) atoms. The van der Waals surface area contributed by atoms with Gasteiger partial charge in [0.2, 0.25) is 0 Å². The highest BCUT2D eigenvalue weighted by molar-refractivity contribution is 5.86. The van der Waals surface area contributed by atoms with E-state index >= 15 is 0 Å². The summed E-state index contributed by atoms with van der Waals surface area (Å²) in [6.07, 6.45) is 4.80. The van der Waals surface area contributed by atoms with E-state index in [-0.39, 0.29) is 17.8 Å². The molecule has 0 radical (unpaired) electrons. The van der Waals surface area contributed by atoms with Crippen molar-refractivity contribution in [3.8, 4) is 5.75 Å². The lowest BCUT2D eigenvalue weighted by Crippen LogP contribution is -2.26. The molecule has 1 aromatic heterocycles. The van der Waals surface area contributed by atoms with Gasteiger partial charge in [0, 0.05) is 24.2 Å². The van der Waals surface area contributed by atoms with Gasteiger partial charge in [-0.05, 0) is 78.6 Å². The maximum absolute atomic E-state index is 6.24. The predicted molar refractivity (Wildman–Crippen MR) is 154 cm³/mol. The minimum atomic E-state index is 0. The second-order valence-corrected chi connectivity index (χ2v) is 11.1. The van der Waals surface area contributed by atoms with Crippen LogP contribution in [0.15, 0.2) is 72.9 Å². The number of nitrogens with zero attached hydrogens (tertiary/aromatic N) is 1. The van der Waals surface area contributed by atoms with Gasteiger partial charge in [0.05, 0.1) is 5.52 Å². The van der Waals surface area contributed by atoms with Crippen LogP contribution in [0.4, 0.5) is 0 Å². The monoisotopic (exact) mass is 502 g/mol. The molecule has 0 aliphatic carbocycles. The van der Waals surface area contributed by atoms with Gasteiger partial charge in [-0.2, -0.15) is 0 Å². The Balaban J connectivity index is 0.00000304. The van der Waals surface area contributed by atoms with E-state index < -0.39 is 0 Å². The molecule has 1 aliphatic heterocycles. The number of ether oxygens (including phenoxy) is 1. The molecular formula is C32H39ClN2O. The van der Waals surface area contributed by atoms with Gasteiger partial charge < -0.3 is 14.6 Å². The van der Waals surface area contributed by atoms with Gasteiger partial charge in [-0.25, -0.2) is 0 Å². The molecule has 1 saturated heterocycles. The Labute approximate surface area is 222 Å². The van der Waals surface area contributed by atoms with E-state index in [1.54, 1.807) is 0 Å². The van der Waals surface area contributed by atoms with Crippen LogP contribution in [0.25, 0.3) is 10.9 Å². The number of aryl methyl sites for hydroxylation is 1. The minimum Gasteiger partial charge on any atom is -0.489 e. The van der Waals surface area contributed by atoms with E-state index in [0.29, 0.717) is 12.5 Å². The number of hydrogen-bond acceptors (Lipinski definition) is 2. The number of fused-ring (bicyclic) bond motifs is 1. The number of halogens is 1. The zero-order valence-corrected chi connectivity index (χ0v) is 22.8. The average molecular weight is 503 g/mol. The molecule has 1 aliphatic rings. The maximum Gasteiger partial charge on any atom is 0.121 e. The maximum atomic E-state index is 6.24. The normalized spacial score (nSPS) is 14.6. The molecule has 2 heterocycles. The van der Waals surface area contributed by atoms with Crippen molar-refractivity contribution in [2.75, 3.05) is 13.1 Å². The number of hydrogen-bond donors (Lipinski definition) is 1. The molecule has 0 amide bonds. The Morgan fingerprint density at radius 2 is 1.67 bits per heavy atom. The fourth-order valence-corrected chi connectivity index (χ4v) is 5.25. The van der Waals surface area contributed by atoms with Crippen LogP contribution < -0.4 is 10.1 Å². The highest BCUT2D eigenvalue weighted by Crippen LogP contribution is 2.35. The summed E-state index contributed by atoms with van der Waals surface area (Å²) >= 11 is 0. The highest BCUT2D eigenvalue weighted by Gasteiger charge is 2.21. The number of aromatic nitrogens is 1. The number of nitrogens with one attached hydrogen (secondary N) is 1. The fraction of sp³-hybridized carbons (Fsp3) is 0.375. The summed E-state index contributed by atoms with van der Waals surface area (Å²) in [5.41, 5.74) is 8.09. The number of piperidine rings is 1. The predicted octanol–water partition coefficient (Wildman–Crippen LogP) is 7.76. The smallest absolute Gasteiger partial charge is 0.121 e. The van der Waals surface area contributed by atoms with E-state index in [0.717, 1.165) is 25.4 Å². The Hall–Kier alpha value is -2.75. The van der Waals surface area contributed by atoms with E-state index in [1.165, 1.54) is 51.6 Å². The summed E-state index contributed by atoms with van der Waals surface area (Å²) in [7, 11) is 0. The summed E-state index contributed by atoms with van der Waals surface area (Å²) in [6.45, 7) is 12.6. The topological polar surface area (TPSA) is 26.2 Å². The molecule has 0 atom stereocenters. The van der Waals surface area contributed by atoms with Crippen molar-refractivity contribution in [2.45, 2.75) is 65.0 Å². The van der Waals surface area contributed by atoms with Gasteiger partial charge in [0.1, 0.15) is 12.4 Å². The highest BCUT2D eigenvalue weighted by atomic mass is 35.5. The van der Waals surface area contributed by atoms with Crippen LogP contribution >= 0.6 is 12.4 Å². The summed E-state index contributed by atoms with van der Waals surface area (Å²) < 4.78 is 8.67. The summed E-state index contributed by atoms with van der Waals surface area (Å²) in [6, 6.07) is 24.3. The first-order valence-electron chi connectivity index (χ1n) is 13.0. The first-order valence-corrected chi connectivity index (χ1v) is 13.0. The molecule has 1 fully saturated rings. The standard InChI is InChI=1S/C32H38N2O.ClH/c1-23-6-5-7-25(18-23)22-35-28-12-13-29-30(26-14-16-33-17-15-26)21-34(31(29)19-28)20-24-8-10-27(11-9-24)32(2,3)4;/h5-13,18-19,21,26,33H,14-17,20,22H2,1-4H3;1H. The zero-order chi connectivity index (χ0) is 24.4. The van der Waals surface area contributed by atoms with E-state index in [1.807, 2.05) is 0 Å². The third-order valence-corrected chi connectivity index (χ3v) is 7.32. The Bertz CT molecular complexity index is 1290. The molecule has 4 aromatic rings. The van der Waals surface area contributed by atoms with Crippen molar-refractivity contribution in [2.24, 2.45) is 0 Å². The fourth-order valence-electron chi connectivity index (χ4n) is 5.25. The van der Waals surface area contributed by atoms with Gasteiger partial charge in [-0.3, -0.25) is 0 Å². The van der Waals surface area contributed by atoms with E-state index in [4.69, 9.17) is 4.74 Å². The second-order valence-electron chi connectivity index (χ2n) is 11.1. The van der Waals surface area contributed by atoms with Gasteiger partial charge in [-0.1, -0.05) is 74.9 Å². The van der Waals surface area contributed by atoms with Crippen molar-refractivity contribution < 1.29 is 4.74 Å². The lowest BCUT2D eigenvalue weighted by Gasteiger charge is -2.22. The molecule has 1 N–H and O–H groups in total. The molecule has 3 nitrogen and oxygen atoms in total. The Kier molecular flexibility index (Phi) is 8.12. The largest absolute Gasteiger partial charge is 0.489 e. The lowest BCUT2D eigenvalue weighted by atomic mass is 9.87. The van der Waals surface area contributed by atoms with Crippen molar-refractivity contribution in [1.82, 2.24) is 9.88 Å².